The normalized spacial score (nSPS) is 10.1. The Balaban J connectivity index is 1.78. The van der Waals surface area contributed by atoms with Crippen molar-refractivity contribution in [1.29, 1.82) is 0 Å². The van der Waals surface area contributed by atoms with Gasteiger partial charge >= 0.3 is 6.03 Å². The fourth-order valence-electron chi connectivity index (χ4n) is 2.47. The highest BCUT2D eigenvalue weighted by molar-refractivity contribution is 6.32. The predicted molar refractivity (Wildman–Crippen MR) is 108 cm³/mol. The van der Waals surface area contributed by atoms with Crippen LogP contribution < -0.4 is 29.6 Å². The molecule has 0 saturated heterocycles. The Kier molecular flexibility index (Phi) is 8.55. The Morgan fingerprint density at radius 1 is 1.00 bits per heavy atom. The van der Waals surface area contributed by atoms with Crippen LogP contribution in [0.3, 0.4) is 0 Å². The van der Waals surface area contributed by atoms with Crippen molar-refractivity contribution >= 4 is 17.6 Å². The van der Waals surface area contributed by atoms with E-state index in [1.165, 1.54) is 0 Å². The molecule has 0 fully saturated rings. The Hall–Kier alpha value is -2.80. The monoisotopic (exact) mass is 408 g/mol. The van der Waals surface area contributed by atoms with E-state index < -0.39 is 0 Å². The number of nitrogens with one attached hydrogen (secondary N) is 2. The van der Waals surface area contributed by atoms with Crippen LogP contribution in [0.2, 0.25) is 5.02 Å². The molecule has 2 N–H and O–H groups in total. The van der Waals surface area contributed by atoms with Gasteiger partial charge in [-0.05, 0) is 36.8 Å². The molecule has 0 saturated carbocycles. The van der Waals surface area contributed by atoms with Crippen LogP contribution in [0.1, 0.15) is 12.5 Å². The zero-order chi connectivity index (χ0) is 20.4. The van der Waals surface area contributed by atoms with E-state index in [1.807, 2.05) is 31.2 Å². The number of para-hydroxylation sites is 2. The lowest BCUT2D eigenvalue weighted by Crippen LogP contribution is -2.37. The molecule has 0 atom stereocenters. The molecule has 152 valence electrons. The van der Waals surface area contributed by atoms with Crippen molar-refractivity contribution in [1.82, 2.24) is 10.6 Å². The number of hydrogen-bond donors (Lipinski definition) is 2. The van der Waals surface area contributed by atoms with Crippen LogP contribution in [0.5, 0.6) is 23.0 Å². The maximum atomic E-state index is 12.0. The van der Waals surface area contributed by atoms with E-state index in [-0.39, 0.29) is 6.03 Å². The molecule has 2 aromatic rings. The zero-order valence-electron chi connectivity index (χ0n) is 16.2. The first-order chi connectivity index (χ1) is 13.6. The Morgan fingerprint density at radius 2 is 1.71 bits per heavy atom. The van der Waals surface area contributed by atoms with E-state index in [9.17, 15) is 4.79 Å². The van der Waals surface area contributed by atoms with Gasteiger partial charge in [0, 0.05) is 6.54 Å². The van der Waals surface area contributed by atoms with E-state index in [4.69, 9.17) is 30.5 Å². The number of hydrogen-bond acceptors (Lipinski definition) is 5. The number of ether oxygens (including phenoxy) is 4. The first-order valence-corrected chi connectivity index (χ1v) is 9.23. The molecule has 0 heterocycles. The van der Waals surface area contributed by atoms with E-state index in [0.717, 1.165) is 5.56 Å². The molecule has 0 bridgehead atoms. The van der Waals surface area contributed by atoms with Crippen molar-refractivity contribution in [2.24, 2.45) is 0 Å². The van der Waals surface area contributed by atoms with Crippen LogP contribution in [0, 0.1) is 0 Å². The number of carbonyl (C=O) groups is 1. The average Bonchev–Trinajstić information content (AvgIpc) is 2.71. The molecule has 8 heteroatoms. The van der Waals surface area contributed by atoms with Gasteiger partial charge in [-0.1, -0.05) is 23.7 Å². The van der Waals surface area contributed by atoms with Gasteiger partial charge in [0.1, 0.15) is 6.61 Å². The lowest BCUT2D eigenvalue weighted by Gasteiger charge is -2.14. The number of halogens is 1. The quantitative estimate of drug-likeness (QED) is 0.587. The summed E-state index contributed by atoms with van der Waals surface area (Å²) in [5.74, 6) is 2.29. The molecule has 0 aliphatic rings. The maximum absolute atomic E-state index is 12.0. The van der Waals surface area contributed by atoms with Gasteiger partial charge in [-0.25, -0.2) is 4.79 Å². The zero-order valence-corrected chi connectivity index (χ0v) is 17.0. The minimum atomic E-state index is -0.312. The van der Waals surface area contributed by atoms with Gasteiger partial charge in [0.25, 0.3) is 0 Å². The third-order valence-corrected chi connectivity index (χ3v) is 4.03. The summed E-state index contributed by atoms with van der Waals surface area (Å²) in [7, 11) is 3.12. The standard InChI is InChI=1S/C20H25ClN2O5/c1-4-27-19-15(21)11-14(12-18(19)26-3)13-23-20(24)22-9-10-28-17-8-6-5-7-16(17)25-2/h5-8,11-12H,4,9-10,13H2,1-3H3,(H2,22,23,24). The molecule has 28 heavy (non-hydrogen) atoms. The van der Waals surface area contributed by atoms with Gasteiger partial charge in [0.15, 0.2) is 23.0 Å². The highest BCUT2D eigenvalue weighted by Crippen LogP contribution is 2.36. The SMILES string of the molecule is CCOc1c(Cl)cc(CNC(=O)NCCOc2ccccc2OC)cc1OC. The van der Waals surface area contributed by atoms with Gasteiger partial charge < -0.3 is 29.6 Å². The summed E-state index contributed by atoms with van der Waals surface area (Å²) in [6.07, 6.45) is 0. The summed E-state index contributed by atoms with van der Waals surface area (Å²) in [6.45, 7) is 3.30. The van der Waals surface area contributed by atoms with Crippen LogP contribution >= 0.6 is 11.6 Å². The number of rotatable bonds is 10. The number of carbonyl (C=O) groups excluding carboxylic acids is 1. The van der Waals surface area contributed by atoms with Gasteiger partial charge in [0.2, 0.25) is 0 Å². The molecular weight excluding hydrogens is 384 g/mol. The highest BCUT2D eigenvalue weighted by atomic mass is 35.5. The molecule has 0 aromatic heterocycles. The van der Waals surface area contributed by atoms with Crippen molar-refractivity contribution in [3.05, 3.63) is 47.0 Å². The molecule has 7 nitrogen and oxygen atoms in total. The van der Waals surface area contributed by atoms with E-state index >= 15 is 0 Å². The van der Waals surface area contributed by atoms with Gasteiger partial charge in [0.05, 0.1) is 32.4 Å². The Bertz CT molecular complexity index is 785. The lowest BCUT2D eigenvalue weighted by atomic mass is 10.2. The molecule has 2 aromatic carbocycles. The number of amides is 2. The van der Waals surface area contributed by atoms with Gasteiger partial charge in [-0.3, -0.25) is 0 Å². The topological polar surface area (TPSA) is 78.1 Å². The van der Waals surface area contributed by atoms with Crippen LogP contribution in [0.4, 0.5) is 4.79 Å². The molecule has 2 rings (SSSR count). The van der Waals surface area contributed by atoms with Crippen LogP contribution in [-0.4, -0.2) is 40.0 Å². The first kappa shape index (κ1) is 21.5. The minimum absolute atomic E-state index is 0.293. The van der Waals surface area contributed by atoms with E-state index in [2.05, 4.69) is 10.6 Å². The third-order valence-electron chi connectivity index (χ3n) is 3.75. The van der Waals surface area contributed by atoms with Crippen molar-refractivity contribution in [3.63, 3.8) is 0 Å². The van der Waals surface area contributed by atoms with E-state index in [0.29, 0.717) is 54.3 Å². The smallest absolute Gasteiger partial charge is 0.315 e. The van der Waals surface area contributed by atoms with Crippen LogP contribution in [0.15, 0.2) is 36.4 Å². The van der Waals surface area contributed by atoms with Gasteiger partial charge in [-0.2, -0.15) is 0 Å². The summed E-state index contributed by atoms with van der Waals surface area (Å²) in [5, 5.41) is 5.93. The Morgan fingerprint density at radius 3 is 2.39 bits per heavy atom. The maximum Gasteiger partial charge on any atom is 0.315 e. The van der Waals surface area contributed by atoms with Crippen LogP contribution in [0.25, 0.3) is 0 Å². The summed E-state index contributed by atoms with van der Waals surface area (Å²) in [4.78, 5) is 12.0. The van der Waals surface area contributed by atoms with Crippen molar-refractivity contribution < 1.29 is 23.7 Å². The molecule has 0 aliphatic heterocycles. The third kappa shape index (κ3) is 6.13. The lowest BCUT2D eigenvalue weighted by molar-refractivity contribution is 0.235. The van der Waals surface area contributed by atoms with Crippen molar-refractivity contribution in [2.45, 2.75) is 13.5 Å². The molecule has 0 spiro atoms. The largest absolute Gasteiger partial charge is 0.493 e. The summed E-state index contributed by atoms with van der Waals surface area (Å²) in [6, 6.07) is 10.5. The molecular formula is C20H25ClN2O5. The second kappa shape index (κ2) is 11.1. The van der Waals surface area contributed by atoms with Gasteiger partial charge in [-0.15, -0.1) is 0 Å². The predicted octanol–water partition coefficient (Wildman–Crippen LogP) is 3.63. The fourth-order valence-corrected chi connectivity index (χ4v) is 2.76. The second-order valence-electron chi connectivity index (χ2n) is 5.65. The van der Waals surface area contributed by atoms with Crippen molar-refractivity contribution in [2.75, 3.05) is 34.0 Å². The molecule has 0 aliphatic carbocycles. The van der Waals surface area contributed by atoms with Crippen LogP contribution in [-0.2, 0) is 6.54 Å². The first-order valence-electron chi connectivity index (χ1n) is 8.85. The molecule has 0 unspecified atom stereocenters. The second-order valence-corrected chi connectivity index (χ2v) is 6.06. The molecule has 2 amide bonds. The summed E-state index contributed by atoms with van der Waals surface area (Å²) in [5.41, 5.74) is 0.797. The summed E-state index contributed by atoms with van der Waals surface area (Å²) < 4.78 is 21.6. The average molecular weight is 409 g/mol. The van der Waals surface area contributed by atoms with E-state index in [1.54, 1.807) is 26.4 Å². The fraction of sp³-hybridized carbons (Fsp3) is 0.350. The number of methoxy groups -OCH3 is 2. The number of urea groups is 1. The van der Waals surface area contributed by atoms with Crippen molar-refractivity contribution in [3.8, 4) is 23.0 Å². The Labute approximate surface area is 169 Å². The number of benzene rings is 2. The summed E-state index contributed by atoms with van der Waals surface area (Å²) >= 11 is 6.23. The highest BCUT2D eigenvalue weighted by Gasteiger charge is 2.12. The molecule has 0 radical (unpaired) electrons. The minimum Gasteiger partial charge on any atom is -0.493 e.